The van der Waals surface area contributed by atoms with Crippen LogP contribution in [0.25, 0.3) is 0 Å². The van der Waals surface area contributed by atoms with E-state index in [1.54, 1.807) is 0 Å². The molecule has 0 aliphatic heterocycles. The van der Waals surface area contributed by atoms with E-state index in [2.05, 4.69) is 0 Å². The number of alkyl halides is 3. The zero-order valence-electron chi connectivity index (χ0n) is 5.99. The summed E-state index contributed by atoms with van der Waals surface area (Å²) >= 11 is 0. The number of nitrogens with two attached hydrogens (primary N) is 1. The SMILES string of the molecule is NC1(C(F)(F)F)C[C@H]2C[C@H]2C1. The molecular weight excluding hydrogens is 155 g/mol. The first-order valence-electron chi connectivity index (χ1n) is 3.78. The first kappa shape index (κ1) is 7.40. The number of hydrogen-bond acceptors (Lipinski definition) is 1. The Morgan fingerprint density at radius 2 is 1.64 bits per heavy atom. The predicted octanol–water partition coefficient (Wildman–Crippen LogP) is 1.68. The van der Waals surface area contributed by atoms with Crippen LogP contribution in [0.2, 0.25) is 0 Å². The van der Waals surface area contributed by atoms with Gasteiger partial charge < -0.3 is 5.73 Å². The summed E-state index contributed by atoms with van der Waals surface area (Å²) in [6.45, 7) is 0. The van der Waals surface area contributed by atoms with E-state index >= 15 is 0 Å². The molecule has 0 bridgehead atoms. The van der Waals surface area contributed by atoms with Gasteiger partial charge in [0.05, 0.1) is 0 Å². The van der Waals surface area contributed by atoms with Gasteiger partial charge in [-0.1, -0.05) is 0 Å². The molecule has 0 aromatic rings. The second-order valence-electron chi connectivity index (χ2n) is 3.82. The van der Waals surface area contributed by atoms with Gasteiger partial charge in [-0.05, 0) is 31.1 Å². The Balaban J connectivity index is 2.12. The second-order valence-corrected chi connectivity index (χ2v) is 3.82. The lowest BCUT2D eigenvalue weighted by Gasteiger charge is -2.28. The van der Waals surface area contributed by atoms with Gasteiger partial charge in [0.15, 0.2) is 0 Å². The smallest absolute Gasteiger partial charge is 0.318 e. The highest BCUT2D eigenvalue weighted by molar-refractivity contribution is 5.09. The maximum absolute atomic E-state index is 12.2. The van der Waals surface area contributed by atoms with Crippen LogP contribution >= 0.6 is 0 Å². The van der Waals surface area contributed by atoms with Gasteiger partial charge >= 0.3 is 6.18 Å². The van der Waals surface area contributed by atoms with Crippen LogP contribution in [0.15, 0.2) is 0 Å². The number of rotatable bonds is 0. The number of hydrogen-bond donors (Lipinski definition) is 1. The highest BCUT2D eigenvalue weighted by atomic mass is 19.4. The Morgan fingerprint density at radius 3 is 1.91 bits per heavy atom. The van der Waals surface area contributed by atoms with Crippen LogP contribution in [0.3, 0.4) is 0 Å². The largest absolute Gasteiger partial charge is 0.406 e. The summed E-state index contributed by atoms with van der Waals surface area (Å²) in [6.07, 6.45) is -2.92. The van der Waals surface area contributed by atoms with Crippen LogP contribution in [0, 0.1) is 11.8 Å². The third kappa shape index (κ3) is 0.956. The van der Waals surface area contributed by atoms with Crippen molar-refractivity contribution in [2.75, 3.05) is 0 Å². The first-order chi connectivity index (χ1) is 4.92. The van der Waals surface area contributed by atoms with E-state index in [0.717, 1.165) is 6.42 Å². The molecule has 0 spiro atoms. The van der Waals surface area contributed by atoms with E-state index < -0.39 is 11.7 Å². The molecule has 0 aromatic heterocycles. The summed E-state index contributed by atoms with van der Waals surface area (Å²) in [4.78, 5) is 0. The van der Waals surface area contributed by atoms with Crippen LogP contribution in [-0.4, -0.2) is 11.7 Å². The van der Waals surface area contributed by atoms with Crippen LogP contribution in [0.1, 0.15) is 19.3 Å². The lowest BCUT2D eigenvalue weighted by Crippen LogP contribution is -2.52. The van der Waals surface area contributed by atoms with Gasteiger partial charge in [0.2, 0.25) is 0 Å². The molecule has 2 rings (SSSR count). The van der Waals surface area contributed by atoms with Gasteiger partial charge in [0.1, 0.15) is 5.54 Å². The Hall–Kier alpha value is -0.250. The fraction of sp³-hybridized carbons (Fsp3) is 1.00. The van der Waals surface area contributed by atoms with E-state index in [1.807, 2.05) is 0 Å². The highest BCUT2D eigenvalue weighted by Crippen LogP contribution is 2.59. The topological polar surface area (TPSA) is 26.0 Å². The van der Waals surface area contributed by atoms with Gasteiger partial charge in [-0.25, -0.2) is 0 Å². The molecule has 2 aliphatic carbocycles. The van der Waals surface area contributed by atoms with Gasteiger partial charge in [-0.3, -0.25) is 0 Å². The quantitative estimate of drug-likeness (QED) is 0.580. The van der Waals surface area contributed by atoms with Crippen molar-refractivity contribution in [1.29, 1.82) is 0 Å². The highest BCUT2D eigenvalue weighted by Gasteiger charge is 2.63. The average Bonchev–Trinajstić information content (AvgIpc) is 2.38. The number of fused-ring (bicyclic) bond motifs is 1. The molecule has 3 atom stereocenters. The monoisotopic (exact) mass is 165 g/mol. The van der Waals surface area contributed by atoms with Crippen molar-refractivity contribution in [2.24, 2.45) is 17.6 Å². The molecule has 1 unspecified atom stereocenters. The molecular formula is C7H10F3N. The summed E-state index contributed by atoms with van der Waals surface area (Å²) < 4.78 is 36.6. The zero-order valence-corrected chi connectivity index (χ0v) is 5.99. The van der Waals surface area contributed by atoms with Crippen LogP contribution in [0.5, 0.6) is 0 Å². The average molecular weight is 165 g/mol. The Labute approximate surface area is 62.8 Å². The van der Waals surface area contributed by atoms with Crippen LogP contribution in [0.4, 0.5) is 13.2 Å². The van der Waals surface area contributed by atoms with Gasteiger partial charge in [-0.2, -0.15) is 13.2 Å². The first-order valence-corrected chi connectivity index (χ1v) is 3.78. The molecule has 2 N–H and O–H groups in total. The van der Waals surface area contributed by atoms with Crippen molar-refractivity contribution >= 4 is 0 Å². The van der Waals surface area contributed by atoms with E-state index in [9.17, 15) is 13.2 Å². The maximum atomic E-state index is 12.2. The fourth-order valence-electron chi connectivity index (χ4n) is 2.06. The molecule has 4 heteroatoms. The molecule has 2 saturated carbocycles. The fourth-order valence-corrected chi connectivity index (χ4v) is 2.06. The third-order valence-corrected chi connectivity index (χ3v) is 2.89. The summed E-state index contributed by atoms with van der Waals surface area (Å²) in [5.41, 5.74) is 3.39. The minimum absolute atomic E-state index is 0.154. The zero-order chi connectivity index (χ0) is 8.28. The lowest BCUT2D eigenvalue weighted by atomic mass is 9.94. The van der Waals surface area contributed by atoms with Crippen LogP contribution < -0.4 is 5.73 Å². The van der Waals surface area contributed by atoms with Gasteiger partial charge in [0.25, 0.3) is 0 Å². The second kappa shape index (κ2) is 1.73. The minimum atomic E-state index is -4.19. The van der Waals surface area contributed by atoms with E-state index in [1.165, 1.54) is 0 Å². The molecule has 2 aliphatic rings. The van der Waals surface area contributed by atoms with Crippen LogP contribution in [-0.2, 0) is 0 Å². The molecule has 2 fully saturated rings. The lowest BCUT2D eigenvalue weighted by molar-refractivity contribution is -0.186. The molecule has 0 radical (unpaired) electrons. The standard InChI is InChI=1S/C7H10F3N/c8-7(9,10)6(11)2-4-1-5(4)3-6/h4-5H,1-3,11H2/t4-,5+,6?. The van der Waals surface area contributed by atoms with Gasteiger partial charge in [-0.15, -0.1) is 0 Å². The maximum Gasteiger partial charge on any atom is 0.406 e. The Kier molecular flexibility index (Phi) is 1.17. The molecule has 0 amide bonds. The number of halogens is 3. The van der Waals surface area contributed by atoms with Crippen molar-refractivity contribution < 1.29 is 13.2 Å². The predicted molar refractivity (Wildman–Crippen MR) is 33.8 cm³/mol. The third-order valence-electron chi connectivity index (χ3n) is 2.89. The molecule has 0 heterocycles. The van der Waals surface area contributed by atoms with Crippen molar-refractivity contribution in [3.63, 3.8) is 0 Å². The Morgan fingerprint density at radius 1 is 1.18 bits per heavy atom. The molecule has 0 saturated heterocycles. The van der Waals surface area contributed by atoms with Crippen molar-refractivity contribution in [2.45, 2.75) is 31.0 Å². The normalized spacial score (nSPS) is 49.1. The summed E-state index contributed by atoms with van der Waals surface area (Å²) in [6, 6.07) is 0. The molecule has 64 valence electrons. The van der Waals surface area contributed by atoms with E-state index in [0.29, 0.717) is 0 Å². The Bertz CT molecular complexity index is 177. The summed E-state index contributed by atoms with van der Waals surface area (Å²) in [5, 5.41) is 0. The molecule has 11 heavy (non-hydrogen) atoms. The van der Waals surface area contributed by atoms with Gasteiger partial charge in [0, 0.05) is 0 Å². The van der Waals surface area contributed by atoms with Crippen molar-refractivity contribution in [1.82, 2.24) is 0 Å². The van der Waals surface area contributed by atoms with Crippen molar-refractivity contribution in [3.8, 4) is 0 Å². The van der Waals surface area contributed by atoms with E-state index in [-0.39, 0.29) is 24.7 Å². The van der Waals surface area contributed by atoms with E-state index in [4.69, 9.17) is 5.73 Å². The van der Waals surface area contributed by atoms with Crippen molar-refractivity contribution in [3.05, 3.63) is 0 Å². The molecule has 1 nitrogen and oxygen atoms in total. The molecule has 0 aromatic carbocycles. The summed E-state index contributed by atoms with van der Waals surface area (Å²) in [5.74, 6) is 0.559. The minimum Gasteiger partial charge on any atom is -0.318 e. The summed E-state index contributed by atoms with van der Waals surface area (Å²) in [7, 11) is 0.